The second-order valence-electron chi connectivity index (χ2n) is 5.48. The molecule has 2 aromatic carbocycles. The Morgan fingerprint density at radius 3 is 1.88 bits per heavy atom. The van der Waals surface area contributed by atoms with E-state index in [1.165, 1.54) is 17.7 Å². The number of aromatic nitrogens is 2. The maximum Gasteiger partial charge on any atom is 0.335 e. The van der Waals surface area contributed by atoms with E-state index in [4.69, 9.17) is 10.2 Å². The number of hydrogen-bond donors (Lipinski definition) is 2. The molecule has 3 rings (SSSR count). The van der Waals surface area contributed by atoms with Gasteiger partial charge in [0.1, 0.15) is 0 Å². The SMILES string of the molecule is Cc1cc(C(=O)O)cc(C(=O)O)c1.Cc1ccc(-n2cccn2)cc1. The van der Waals surface area contributed by atoms with Gasteiger partial charge in [-0.2, -0.15) is 5.10 Å². The Morgan fingerprint density at radius 2 is 1.44 bits per heavy atom. The van der Waals surface area contributed by atoms with E-state index in [1.54, 1.807) is 13.1 Å². The summed E-state index contributed by atoms with van der Waals surface area (Å²) in [5.41, 5.74) is 2.99. The quantitative estimate of drug-likeness (QED) is 0.761. The second-order valence-corrected chi connectivity index (χ2v) is 5.48. The average Bonchev–Trinajstić information content (AvgIpc) is 3.10. The van der Waals surface area contributed by atoms with Gasteiger partial charge in [-0.05, 0) is 55.8 Å². The van der Waals surface area contributed by atoms with Crippen LogP contribution in [0.25, 0.3) is 5.69 Å². The van der Waals surface area contributed by atoms with Crippen molar-refractivity contribution in [3.05, 3.63) is 83.2 Å². The molecule has 0 aliphatic rings. The van der Waals surface area contributed by atoms with Crippen LogP contribution in [0.2, 0.25) is 0 Å². The first kappa shape index (κ1) is 17.9. The summed E-state index contributed by atoms with van der Waals surface area (Å²) in [7, 11) is 0. The summed E-state index contributed by atoms with van der Waals surface area (Å²) in [6, 6.07) is 14.2. The number of hydrogen-bond acceptors (Lipinski definition) is 3. The molecule has 1 heterocycles. The summed E-state index contributed by atoms with van der Waals surface area (Å²) in [6.07, 6.45) is 3.71. The largest absolute Gasteiger partial charge is 0.478 e. The highest BCUT2D eigenvalue weighted by Gasteiger charge is 2.09. The van der Waals surface area contributed by atoms with Gasteiger partial charge in [-0.25, -0.2) is 14.3 Å². The molecular formula is C19H18N2O4. The minimum Gasteiger partial charge on any atom is -0.478 e. The lowest BCUT2D eigenvalue weighted by molar-refractivity contribution is 0.0696. The van der Waals surface area contributed by atoms with Gasteiger partial charge in [0.2, 0.25) is 0 Å². The van der Waals surface area contributed by atoms with Gasteiger partial charge in [-0.15, -0.1) is 0 Å². The fourth-order valence-electron chi connectivity index (χ4n) is 2.15. The standard InChI is InChI=1S/C10H10N2.C9H8O4/c1-9-3-5-10(6-4-9)12-8-2-7-11-12;1-5-2-6(8(10)11)4-7(3-5)9(12)13/h2-8H,1H3;2-4H,1H3,(H,10,11)(H,12,13). The molecule has 0 bridgehead atoms. The minimum atomic E-state index is -1.12. The van der Waals surface area contributed by atoms with Crippen molar-refractivity contribution in [1.82, 2.24) is 9.78 Å². The minimum absolute atomic E-state index is 0.00241. The third-order valence-corrected chi connectivity index (χ3v) is 3.37. The van der Waals surface area contributed by atoms with Crippen LogP contribution in [0.15, 0.2) is 60.9 Å². The Balaban J connectivity index is 0.000000181. The van der Waals surface area contributed by atoms with Crippen LogP contribution < -0.4 is 0 Å². The van der Waals surface area contributed by atoms with E-state index >= 15 is 0 Å². The van der Waals surface area contributed by atoms with E-state index in [0.717, 1.165) is 11.8 Å². The number of carbonyl (C=O) groups is 2. The van der Waals surface area contributed by atoms with Crippen LogP contribution >= 0.6 is 0 Å². The molecule has 0 fully saturated rings. The van der Waals surface area contributed by atoms with Gasteiger partial charge in [0.05, 0.1) is 16.8 Å². The van der Waals surface area contributed by atoms with Crippen LogP contribution in [-0.2, 0) is 0 Å². The zero-order valence-corrected chi connectivity index (χ0v) is 13.9. The van der Waals surface area contributed by atoms with Crippen molar-refractivity contribution in [1.29, 1.82) is 0 Å². The Labute approximate surface area is 145 Å². The first-order chi connectivity index (χ1) is 11.9. The molecule has 0 aliphatic carbocycles. The molecule has 0 radical (unpaired) electrons. The van der Waals surface area contributed by atoms with Crippen molar-refractivity contribution in [3.8, 4) is 5.69 Å². The molecule has 0 aliphatic heterocycles. The number of aromatic carboxylic acids is 2. The second kappa shape index (κ2) is 7.92. The van der Waals surface area contributed by atoms with Crippen molar-refractivity contribution in [3.63, 3.8) is 0 Å². The van der Waals surface area contributed by atoms with Gasteiger partial charge in [0, 0.05) is 12.4 Å². The molecule has 1 aromatic heterocycles. The smallest absolute Gasteiger partial charge is 0.335 e. The molecule has 0 unspecified atom stereocenters. The number of benzene rings is 2. The Hall–Kier alpha value is -3.41. The summed E-state index contributed by atoms with van der Waals surface area (Å²) in [5.74, 6) is -2.24. The average molecular weight is 338 g/mol. The summed E-state index contributed by atoms with van der Waals surface area (Å²) in [6.45, 7) is 3.73. The molecule has 0 saturated heterocycles. The highest BCUT2D eigenvalue weighted by molar-refractivity contribution is 5.94. The van der Waals surface area contributed by atoms with E-state index in [9.17, 15) is 9.59 Å². The highest BCUT2D eigenvalue weighted by Crippen LogP contribution is 2.09. The zero-order valence-electron chi connectivity index (χ0n) is 13.9. The van der Waals surface area contributed by atoms with E-state index in [2.05, 4.69) is 36.3 Å². The molecule has 2 N–H and O–H groups in total. The molecule has 6 heteroatoms. The van der Waals surface area contributed by atoms with Gasteiger partial charge < -0.3 is 10.2 Å². The van der Waals surface area contributed by atoms with Crippen LogP contribution in [-0.4, -0.2) is 31.9 Å². The van der Waals surface area contributed by atoms with Crippen molar-refractivity contribution in [2.75, 3.05) is 0 Å². The predicted octanol–water partition coefficient (Wildman–Crippen LogP) is 3.57. The van der Waals surface area contributed by atoms with Crippen LogP contribution in [0.3, 0.4) is 0 Å². The summed E-state index contributed by atoms with van der Waals surface area (Å²) in [5, 5.41) is 21.4. The number of carboxylic acids is 2. The number of carboxylic acid groups (broad SMARTS) is 2. The zero-order chi connectivity index (χ0) is 18.4. The molecule has 0 spiro atoms. The lowest BCUT2D eigenvalue weighted by Crippen LogP contribution is -2.02. The first-order valence-electron chi connectivity index (χ1n) is 7.52. The van der Waals surface area contributed by atoms with Crippen LogP contribution in [0, 0.1) is 13.8 Å². The Morgan fingerprint density at radius 1 is 0.880 bits per heavy atom. The highest BCUT2D eigenvalue weighted by atomic mass is 16.4. The molecule has 0 atom stereocenters. The lowest BCUT2D eigenvalue weighted by atomic mass is 10.1. The van der Waals surface area contributed by atoms with Crippen LogP contribution in [0.5, 0.6) is 0 Å². The van der Waals surface area contributed by atoms with Gasteiger partial charge in [-0.1, -0.05) is 17.7 Å². The van der Waals surface area contributed by atoms with Crippen molar-refractivity contribution < 1.29 is 19.8 Å². The molecule has 6 nitrogen and oxygen atoms in total. The number of nitrogens with zero attached hydrogens (tertiary/aromatic N) is 2. The van der Waals surface area contributed by atoms with Crippen LogP contribution in [0.1, 0.15) is 31.8 Å². The summed E-state index contributed by atoms with van der Waals surface area (Å²) in [4.78, 5) is 21.1. The Kier molecular flexibility index (Phi) is 5.68. The van der Waals surface area contributed by atoms with Gasteiger partial charge >= 0.3 is 11.9 Å². The molecule has 25 heavy (non-hydrogen) atoms. The summed E-state index contributed by atoms with van der Waals surface area (Å²) < 4.78 is 1.85. The fourth-order valence-corrected chi connectivity index (χ4v) is 2.15. The number of aryl methyl sites for hydroxylation is 2. The molecule has 0 amide bonds. The first-order valence-corrected chi connectivity index (χ1v) is 7.52. The third kappa shape index (κ3) is 5.04. The lowest BCUT2D eigenvalue weighted by Gasteiger charge is -2.00. The fraction of sp³-hybridized carbons (Fsp3) is 0.105. The van der Waals surface area contributed by atoms with E-state index < -0.39 is 11.9 Å². The van der Waals surface area contributed by atoms with E-state index in [-0.39, 0.29) is 11.1 Å². The van der Waals surface area contributed by atoms with Gasteiger partial charge in [-0.3, -0.25) is 0 Å². The van der Waals surface area contributed by atoms with Crippen LogP contribution in [0.4, 0.5) is 0 Å². The molecule has 0 saturated carbocycles. The Bertz CT molecular complexity index is 837. The maximum atomic E-state index is 10.5. The summed E-state index contributed by atoms with van der Waals surface area (Å²) >= 11 is 0. The van der Waals surface area contributed by atoms with Gasteiger partial charge in [0.15, 0.2) is 0 Å². The van der Waals surface area contributed by atoms with E-state index in [0.29, 0.717) is 5.56 Å². The topological polar surface area (TPSA) is 92.4 Å². The third-order valence-electron chi connectivity index (χ3n) is 3.37. The maximum absolute atomic E-state index is 10.5. The van der Waals surface area contributed by atoms with Crippen molar-refractivity contribution in [2.45, 2.75) is 13.8 Å². The van der Waals surface area contributed by atoms with Crippen molar-refractivity contribution >= 4 is 11.9 Å². The normalized spacial score (nSPS) is 9.84. The predicted molar refractivity (Wildman–Crippen MR) is 93.4 cm³/mol. The monoisotopic (exact) mass is 338 g/mol. The molecule has 3 aromatic rings. The van der Waals surface area contributed by atoms with Crippen molar-refractivity contribution in [2.24, 2.45) is 0 Å². The molecule has 128 valence electrons. The number of rotatable bonds is 3. The van der Waals surface area contributed by atoms with Gasteiger partial charge in [0.25, 0.3) is 0 Å². The molecular weight excluding hydrogens is 320 g/mol. The van der Waals surface area contributed by atoms with E-state index in [1.807, 2.05) is 16.9 Å².